The summed E-state index contributed by atoms with van der Waals surface area (Å²) < 4.78 is 9.41. The summed E-state index contributed by atoms with van der Waals surface area (Å²) in [6.07, 6.45) is 1.25. The fourth-order valence-corrected chi connectivity index (χ4v) is 1.64. The van der Waals surface area contributed by atoms with Crippen LogP contribution < -0.4 is 0 Å². The van der Waals surface area contributed by atoms with Gasteiger partial charge in [-0.3, -0.25) is 9.59 Å². The van der Waals surface area contributed by atoms with Gasteiger partial charge in [-0.05, 0) is 12.8 Å². The van der Waals surface area contributed by atoms with E-state index >= 15 is 0 Å². The van der Waals surface area contributed by atoms with Crippen LogP contribution in [0, 0.1) is 11.8 Å². The highest BCUT2D eigenvalue weighted by atomic mass is 16.5. The molecular formula is C9H14O4. The van der Waals surface area contributed by atoms with E-state index in [1.54, 1.807) is 0 Å². The molecule has 0 amide bonds. The van der Waals surface area contributed by atoms with Gasteiger partial charge in [0.15, 0.2) is 0 Å². The van der Waals surface area contributed by atoms with Crippen molar-refractivity contribution in [3.8, 4) is 0 Å². The largest absolute Gasteiger partial charge is 0.469 e. The van der Waals surface area contributed by atoms with Crippen molar-refractivity contribution < 1.29 is 19.1 Å². The van der Waals surface area contributed by atoms with Crippen molar-refractivity contribution in [2.45, 2.75) is 19.8 Å². The van der Waals surface area contributed by atoms with Crippen LogP contribution in [0.1, 0.15) is 19.8 Å². The maximum absolute atomic E-state index is 11.2. The Balaban J connectivity index is 2.65. The molecule has 0 N–H and O–H groups in total. The van der Waals surface area contributed by atoms with Gasteiger partial charge in [0.25, 0.3) is 0 Å². The van der Waals surface area contributed by atoms with Gasteiger partial charge in [-0.25, -0.2) is 0 Å². The summed E-state index contributed by atoms with van der Waals surface area (Å²) in [4.78, 5) is 22.4. The minimum absolute atomic E-state index is 0.266. The van der Waals surface area contributed by atoms with Crippen molar-refractivity contribution >= 4 is 11.9 Å². The summed E-state index contributed by atoms with van der Waals surface area (Å²) >= 11 is 0. The molecule has 0 aromatic carbocycles. The molecule has 0 unspecified atom stereocenters. The quantitative estimate of drug-likeness (QED) is 0.610. The Hall–Kier alpha value is -1.06. The summed E-state index contributed by atoms with van der Waals surface area (Å²) in [6.45, 7) is 2.30. The topological polar surface area (TPSA) is 52.6 Å². The van der Waals surface area contributed by atoms with Crippen LogP contribution in [0.2, 0.25) is 0 Å². The Morgan fingerprint density at radius 2 is 2.46 bits per heavy atom. The van der Waals surface area contributed by atoms with Crippen molar-refractivity contribution in [1.82, 2.24) is 0 Å². The van der Waals surface area contributed by atoms with E-state index in [0.717, 1.165) is 0 Å². The van der Waals surface area contributed by atoms with Crippen LogP contribution in [-0.4, -0.2) is 25.7 Å². The Morgan fingerprint density at radius 3 is 2.85 bits per heavy atom. The third-order valence-corrected chi connectivity index (χ3v) is 2.41. The molecule has 1 heterocycles. The third kappa shape index (κ3) is 1.99. The monoisotopic (exact) mass is 186 g/mol. The summed E-state index contributed by atoms with van der Waals surface area (Å²) in [6, 6.07) is 0. The smallest absolute Gasteiger partial charge is 0.309 e. The predicted molar refractivity (Wildman–Crippen MR) is 44.9 cm³/mol. The van der Waals surface area contributed by atoms with E-state index in [-0.39, 0.29) is 23.8 Å². The molecule has 13 heavy (non-hydrogen) atoms. The minimum atomic E-state index is -0.333. The van der Waals surface area contributed by atoms with Crippen LogP contribution in [0.25, 0.3) is 0 Å². The molecule has 0 spiro atoms. The highest BCUT2D eigenvalue weighted by Gasteiger charge is 2.37. The standard InChI is InChI=1S/C9H14O4/c1-3-6(8(10)12-2)7-4-5-13-9(7)11/h6-7H,3-5H2,1-2H3/t6-,7+/m0/s1. The summed E-state index contributed by atoms with van der Waals surface area (Å²) in [7, 11) is 1.34. The van der Waals surface area contributed by atoms with E-state index in [0.29, 0.717) is 19.4 Å². The molecule has 1 aliphatic rings. The lowest BCUT2D eigenvalue weighted by atomic mass is 9.89. The first kappa shape index (κ1) is 10.0. The molecule has 1 rings (SSSR count). The molecule has 1 fully saturated rings. The van der Waals surface area contributed by atoms with Gasteiger partial charge in [0.2, 0.25) is 0 Å². The fraction of sp³-hybridized carbons (Fsp3) is 0.778. The highest BCUT2D eigenvalue weighted by molar-refractivity contribution is 5.82. The number of hydrogen-bond donors (Lipinski definition) is 0. The molecule has 2 atom stereocenters. The Morgan fingerprint density at radius 1 is 1.77 bits per heavy atom. The molecule has 4 heteroatoms. The van der Waals surface area contributed by atoms with E-state index in [9.17, 15) is 9.59 Å². The van der Waals surface area contributed by atoms with E-state index in [1.165, 1.54) is 7.11 Å². The fourth-order valence-electron chi connectivity index (χ4n) is 1.64. The van der Waals surface area contributed by atoms with Crippen LogP contribution in [0.3, 0.4) is 0 Å². The summed E-state index contributed by atoms with van der Waals surface area (Å²) in [5.74, 6) is -1.21. The molecule has 0 bridgehead atoms. The van der Waals surface area contributed by atoms with E-state index in [4.69, 9.17) is 4.74 Å². The number of rotatable bonds is 3. The molecule has 0 aliphatic carbocycles. The van der Waals surface area contributed by atoms with Crippen molar-refractivity contribution in [1.29, 1.82) is 0 Å². The lowest BCUT2D eigenvalue weighted by Gasteiger charge is -2.15. The number of carbonyl (C=O) groups is 2. The maximum atomic E-state index is 11.2. The minimum Gasteiger partial charge on any atom is -0.469 e. The summed E-state index contributed by atoms with van der Waals surface area (Å²) in [5, 5.41) is 0. The Labute approximate surface area is 77.2 Å². The van der Waals surface area contributed by atoms with E-state index < -0.39 is 0 Å². The van der Waals surface area contributed by atoms with E-state index in [2.05, 4.69) is 4.74 Å². The SMILES string of the molecule is CC[C@H](C(=O)OC)[C@H]1CCOC1=O. The van der Waals surface area contributed by atoms with Gasteiger partial charge in [-0.15, -0.1) is 0 Å². The summed E-state index contributed by atoms with van der Waals surface area (Å²) in [5.41, 5.74) is 0. The Kier molecular flexibility index (Phi) is 3.28. The van der Waals surface area contributed by atoms with Crippen molar-refractivity contribution in [3.63, 3.8) is 0 Å². The number of cyclic esters (lactones) is 1. The van der Waals surface area contributed by atoms with E-state index in [1.807, 2.05) is 6.92 Å². The van der Waals surface area contributed by atoms with Crippen LogP contribution in [0.4, 0.5) is 0 Å². The van der Waals surface area contributed by atoms with Crippen molar-refractivity contribution in [2.75, 3.05) is 13.7 Å². The zero-order chi connectivity index (χ0) is 9.84. The number of esters is 2. The van der Waals surface area contributed by atoms with Gasteiger partial charge in [-0.2, -0.15) is 0 Å². The number of ether oxygens (including phenoxy) is 2. The first-order chi connectivity index (χ1) is 6.20. The van der Waals surface area contributed by atoms with Gasteiger partial charge in [0.05, 0.1) is 25.6 Å². The first-order valence-electron chi connectivity index (χ1n) is 4.45. The number of carbonyl (C=O) groups excluding carboxylic acids is 2. The highest BCUT2D eigenvalue weighted by Crippen LogP contribution is 2.26. The second kappa shape index (κ2) is 4.25. The van der Waals surface area contributed by atoms with Gasteiger partial charge in [0.1, 0.15) is 0 Å². The third-order valence-electron chi connectivity index (χ3n) is 2.41. The molecule has 4 nitrogen and oxygen atoms in total. The first-order valence-corrected chi connectivity index (χ1v) is 4.45. The van der Waals surface area contributed by atoms with Crippen LogP contribution in [0.5, 0.6) is 0 Å². The van der Waals surface area contributed by atoms with Crippen molar-refractivity contribution in [3.05, 3.63) is 0 Å². The maximum Gasteiger partial charge on any atom is 0.309 e. The average Bonchev–Trinajstić information content (AvgIpc) is 2.53. The lowest BCUT2D eigenvalue weighted by Crippen LogP contribution is -2.27. The van der Waals surface area contributed by atoms with Crippen LogP contribution in [0.15, 0.2) is 0 Å². The molecule has 0 aromatic rings. The van der Waals surface area contributed by atoms with Crippen LogP contribution in [-0.2, 0) is 19.1 Å². The normalized spacial score (nSPS) is 23.8. The number of hydrogen-bond acceptors (Lipinski definition) is 4. The van der Waals surface area contributed by atoms with Crippen molar-refractivity contribution in [2.24, 2.45) is 11.8 Å². The van der Waals surface area contributed by atoms with Gasteiger partial charge in [-0.1, -0.05) is 6.92 Å². The molecule has 0 aromatic heterocycles. The number of methoxy groups -OCH3 is 1. The Bertz CT molecular complexity index is 212. The molecule has 0 saturated carbocycles. The zero-order valence-corrected chi connectivity index (χ0v) is 7.91. The lowest BCUT2D eigenvalue weighted by molar-refractivity contribution is -0.153. The predicted octanol–water partition coefficient (Wildman–Crippen LogP) is 0.749. The van der Waals surface area contributed by atoms with Gasteiger partial charge < -0.3 is 9.47 Å². The van der Waals surface area contributed by atoms with Crippen LogP contribution >= 0.6 is 0 Å². The molecule has 1 aliphatic heterocycles. The molecule has 74 valence electrons. The van der Waals surface area contributed by atoms with Gasteiger partial charge >= 0.3 is 11.9 Å². The molecular weight excluding hydrogens is 172 g/mol. The molecule has 1 saturated heterocycles. The van der Waals surface area contributed by atoms with Gasteiger partial charge in [0, 0.05) is 0 Å². The zero-order valence-electron chi connectivity index (χ0n) is 7.91. The average molecular weight is 186 g/mol. The second-order valence-corrected chi connectivity index (χ2v) is 3.10. The second-order valence-electron chi connectivity index (χ2n) is 3.10. The molecule has 0 radical (unpaired) electrons.